The summed E-state index contributed by atoms with van der Waals surface area (Å²) in [5.41, 5.74) is 0. The monoisotopic (exact) mass is 209 g/mol. The van der Waals surface area contributed by atoms with E-state index < -0.39 is 6.04 Å². The van der Waals surface area contributed by atoms with E-state index in [1.165, 1.54) is 13.5 Å². The van der Waals surface area contributed by atoms with Crippen LogP contribution in [0.4, 0.5) is 0 Å². The first-order valence-electron chi connectivity index (χ1n) is 5.34. The summed E-state index contributed by atoms with van der Waals surface area (Å²) in [4.78, 5) is 15.4. The van der Waals surface area contributed by atoms with Gasteiger partial charge in [0.05, 0.1) is 0 Å². The molecule has 1 unspecified atom stereocenters. The fourth-order valence-corrected chi connectivity index (χ4v) is 2.07. The number of carbonyl (C=O) groups excluding carboxylic acids is 1. The summed E-state index contributed by atoms with van der Waals surface area (Å²) in [6, 6.07) is -0.486. The van der Waals surface area contributed by atoms with Crippen molar-refractivity contribution in [1.29, 1.82) is 0 Å². The van der Waals surface area contributed by atoms with Gasteiger partial charge in [0.1, 0.15) is 0 Å². The van der Waals surface area contributed by atoms with Crippen LogP contribution >= 0.6 is 0 Å². The number of hydrogen-bond acceptors (Lipinski definition) is 4. The van der Waals surface area contributed by atoms with Crippen LogP contribution < -0.4 is 0 Å². The number of esters is 1. The van der Waals surface area contributed by atoms with Crippen molar-refractivity contribution in [2.75, 3.05) is 7.11 Å². The maximum absolute atomic E-state index is 11.5. The first kappa shape index (κ1) is 12.1. The van der Waals surface area contributed by atoms with Gasteiger partial charge in [-0.15, -0.1) is 0 Å². The summed E-state index contributed by atoms with van der Waals surface area (Å²) in [6.45, 7) is 0. The van der Waals surface area contributed by atoms with E-state index in [2.05, 4.69) is 4.99 Å². The molecule has 0 aromatic rings. The van der Waals surface area contributed by atoms with Crippen LogP contribution in [0, 0.1) is 5.92 Å². The van der Waals surface area contributed by atoms with E-state index in [1.807, 2.05) is 0 Å². The quantitative estimate of drug-likeness (QED) is 0.397. The molecule has 1 fully saturated rings. The summed E-state index contributed by atoms with van der Waals surface area (Å²) >= 11 is 0. The van der Waals surface area contributed by atoms with E-state index in [0.717, 1.165) is 31.8 Å². The van der Waals surface area contributed by atoms with Gasteiger partial charge in [0, 0.05) is 0 Å². The second-order valence-corrected chi connectivity index (χ2v) is 3.80. The topological polar surface area (TPSA) is 55.7 Å². The maximum atomic E-state index is 11.5. The average molecular weight is 209 g/mol. The Morgan fingerprint density at radius 1 is 1.47 bits per heavy atom. The zero-order valence-electron chi connectivity index (χ0n) is 9.02. The van der Waals surface area contributed by atoms with Gasteiger partial charge in [0.25, 0.3) is 0 Å². The molecule has 1 aliphatic rings. The Balaban J connectivity index is 2.64. The van der Waals surface area contributed by atoms with Crippen LogP contribution in [0.25, 0.3) is 0 Å². The van der Waals surface area contributed by atoms with E-state index in [4.69, 9.17) is 4.74 Å². The third kappa shape index (κ3) is 3.57. The molecule has 0 radical (unpaired) electrons. The van der Waals surface area contributed by atoms with Crippen molar-refractivity contribution < 1.29 is 14.2 Å². The van der Waals surface area contributed by atoms with Crippen molar-refractivity contribution in [2.24, 2.45) is 10.9 Å². The number of ether oxygens (including phenoxy) is 1. The summed E-state index contributed by atoms with van der Waals surface area (Å²) in [5, 5.41) is 0. The second-order valence-electron chi connectivity index (χ2n) is 3.80. The van der Waals surface area contributed by atoms with Gasteiger partial charge in [-0.3, -0.25) is 0 Å². The van der Waals surface area contributed by atoms with Gasteiger partial charge in [0.15, 0.2) is 0 Å². The minimum atomic E-state index is -0.486. The molecular formula is C10H16BNO3. The molecule has 15 heavy (non-hydrogen) atoms. The Morgan fingerprint density at radius 2 is 2.13 bits per heavy atom. The number of methoxy groups -OCH3 is 1. The van der Waals surface area contributed by atoms with Gasteiger partial charge >= 0.3 is 89.6 Å². The van der Waals surface area contributed by atoms with E-state index in [1.54, 1.807) is 0 Å². The van der Waals surface area contributed by atoms with Crippen molar-refractivity contribution in [3.63, 3.8) is 0 Å². The molecule has 0 bridgehead atoms. The molecular weight excluding hydrogens is 193 g/mol. The number of aliphatic imine (C=N–C) groups is 1. The van der Waals surface area contributed by atoms with E-state index in [-0.39, 0.29) is 11.9 Å². The normalized spacial score (nSPS) is 19.8. The molecule has 0 heterocycles. The van der Waals surface area contributed by atoms with Crippen molar-refractivity contribution in [1.82, 2.24) is 0 Å². The van der Waals surface area contributed by atoms with Crippen LogP contribution in [0.15, 0.2) is 4.99 Å². The van der Waals surface area contributed by atoms with Crippen molar-refractivity contribution in [3.8, 4) is 0 Å². The summed E-state index contributed by atoms with van der Waals surface area (Å²) in [7, 11) is 1.95. The summed E-state index contributed by atoms with van der Waals surface area (Å²) in [6.07, 6.45) is 6.63. The number of rotatable bonds is 4. The van der Waals surface area contributed by atoms with Crippen LogP contribution in [0.3, 0.4) is 0 Å². The van der Waals surface area contributed by atoms with Crippen LogP contribution in [-0.4, -0.2) is 32.4 Å². The Bertz CT molecular complexity index is 249. The molecule has 0 amide bonds. The third-order valence-corrected chi connectivity index (χ3v) is 2.85. The fraction of sp³-hybridized carbons (Fsp3) is 0.800. The predicted octanol–water partition coefficient (Wildman–Crippen LogP) is 1.19. The van der Waals surface area contributed by atoms with Crippen LogP contribution in [0.1, 0.15) is 32.1 Å². The summed E-state index contributed by atoms with van der Waals surface area (Å²) < 4.78 is 14.9. The molecule has 0 aromatic carbocycles. The molecule has 82 valence electrons. The van der Waals surface area contributed by atoms with Gasteiger partial charge in [0.2, 0.25) is 0 Å². The minimum absolute atomic E-state index is 0.238. The Kier molecular flexibility index (Phi) is 5.22. The van der Waals surface area contributed by atoms with Crippen LogP contribution in [-0.2, 0) is 14.2 Å². The number of nitrogens with zero attached hydrogens (tertiary/aromatic N) is 1. The van der Waals surface area contributed by atoms with Gasteiger partial charge in [-0.05, 0) is 0 Å². The van der Waals surface area contributed by atoms with Gasteiger partial charge in [-0.25, -0.2) is 0 Å². The van der Waals surface area contributed by atoms with Crippen molar-refractivity contribution >= 4 is 19.2 Å². The average Bonchev–Trinajstić information content (AvgIpc) is 2.30. The molecule has 5 heteroatoms. The standard InChI is InChI=1S/C10H16BNO3/c1-15-10(13)9(12-7-11-14)8-5-3-2-4-6-8/h7-9H,2-6H2,1H3. The van der Waals surface area contributed by atoms with Crippen molar-refractivity contribution in [2.45, 2.75) is 38.1 Å². The number of hydrogen-bond donors (Lipinski definition) is 0. The molecule has 0 spiro atoms. The molecule has 1 saturated carbocycles. The van der Waals surface area contributed by atoms with E-state index >= 15 is 0 Å². The van der Waals surface area contributed by atoms with Gasteiger partial charge in [-0.1, -0.05) is 0 Å². The molecule has 0 aromatic heterocycles. The molecule has 0 saturated heterocycles. The van der Waals surface area contributed by atoms with Gasteiger partial charge < -0.3 is 0 Å². The van der Waals surface area contributed by atoms with E-state index in [9.17, 15) is 9.50 Å². The van der Waals surface area contributed by atoms with Gasteiger partial charge in [-0.2, -0.15) is 0 Å². The predicted molar refractivity (Wildman–Crippen MR) is 57.3 cm³/mol. The summed E-state index contributed by atoms with van der Waals surface area (Å²) in [5.74, 6) is -0.0950. The van der Waals surface area contributed by atoms with Crippen molar-refractivity contribution in [3.05, 3.63) is 0 Å². The number of carbonyl (C=O) groups is 1. The molecule has 1 atom stereocenters. The first-order chi connectivity index (χ1) is 7.29. The van der Waals surface area contributed by atoms with Crippen LogP contribution in [0.2, 0.25) is 0 Å². The molecule has 1 rings (SSSR count). The van der Waals surface area contributed by atoms with E-state index in [0.29, 0.717) is 7.15 Å². The Hall–Kier alpha value is -0.995. The Morgan fingerprint density at radius 3 is 2.67 bits per heavy atom. The molecule has 0 N–H and O–H groups in total. The SMILES string of the molecule is COC(=O)C(N=CB=O)C1CCCCC1. The van der Waals surface area contributed by atoms with Crippen LogP contribution in [0.5, 0.6) is 0 Å². The molecule has 0 aliphatic heterocycles. The zero-order chi connectivity index (χ0) is 11.1. The fourth-order valence-electron chi connectivity index (χ4n) is 2.07. The third-order valence-electron chi connectivity index (χ3n) is 2.85. The first-order valence-corrected chi connectivity index (χ1v) is 5.34. The second kappa shape index (κ2) is 6.48. The molecule has 1 aliphatic carbocycles. The molecule has 4 nitrogen and oxygen atoms in total. The zero-order valence-corrected chi connectivity index (χ0v) is 9.02. The Labute approximate surface area is 90.4 Å².